The highest BCUT2D eigenvalue weighted by Crippen LogP contribution is 2.20. The van der Waals surface area contributed by atoms with Crippen LogP contribution in [0.3, 0.4) is 0 Å². The van der Waals surface area contributed by atoms with Crippen LogP contribution in [-0.4, -0.2) is 49.8 Å². The summed E-state index contributed by atoms with van der Waals surface area (Å²) in [6.45, 7) is 8.69. The number of ether oxygens (including phenoxy) is 1. The molecule has 2 aliphatic heterocycles. The van der Waals surface area contributed by atoms with Gasteiger partial charge in [0.1, 0.15) is 0 Å². The Balaban J connectivity index is 1.92. The second kappa shape index (κ2) is 2.73. The molecule has 64 valence electrons. The topological polar surface area (TPSA) is 24.5 Å². The Morgan fingerprint density at radius 3 is 2.91 bits per heavy atom. The van der Waals surface area contributed by atoms with Crippen LogP contribution in [-0.2, 0) is 4.74 Å². The fourth-order valence-electron chi connectivity index (χ4n) is 1.85. The molecule has 0 bridgehead atoms. The molecule has 11 heavy (non-hydrogen) atoms. The van der Waals surface area contributed by atoms with Crippen molar-refractivity contribution in [1.82, 2.24) is 10.2 Å². The van der Waals surface area contributed by atoms with Crippen LogP contribution in [0.2, 0.25) is 0 Å². The minimum absolute atomic E-state index is 0.328. The highest BCUT2D eigenvalue weighted by molar-refractivity contribution is 4.99. The summed E-state index contributed by atoms with van der Waals surface area (Å²) in [7, 11) is 0. The van der Waals surface area contributed by atoms with Gasteiger partial charge in [0.25, 0.3) is 0 Å². The molecule has 0 amide bonds. The van der Waals surface area contributed by atoms with Crippen LogP contribution in [0.25, 0.3) is 0 Å². The van der Waals surface area contributed by atoms with Crippen LogP contribution >= 0.6 is 0 Å². The largest absolute Gasteiger partial charge is 0.377 e. The normalized spacial score (nSPS) is 30.3. The number of hydrogen-bond acceptors (Lipinski definition) is 3. The molecule has 2 heterocycles. The number of piperazine rings is 1. The van der Waals surface area contributed by atoms with E-state index in [1.54, 1.807) is 0 Å². The van der Waals surface area contributed by atoms with Gasteiger partial charge in [-0.1, -0.05) is 6.92 Å². The molecule has 1 N–H and O–H groups in total. The van der Waals surface area contributed by atoms with Gasteiger partial charge in [0, 0.05) is 19.6 Å². The summed E-state index contributed by atoms with van der Waals surface area (Å²) in [5.41, 5.74) is 0.328. The maximum atomic E-state index is 5.22. The smallest absolute Gasteiger partial charge is 0.0782 e. The Morgan fingerprint density at radius 2 is 2.36 bits per heavy atom. The van der Waals surface area contributed by atoms with Gasteiger partial charge in [-0.3, -0.25) is 0 Å². The summed E-state index contributed by atoms with van der Waals surface area (Å²) in [6, 6.07) is 0. The van der Waals surface area contributed by atoms with Gasteiger partial charge in [-0.05, 0) is 6.54 Å². The first-order chi connectivity index (χ1) is 5.35. The van der Waals surface area contributed by atoms with Crippen molar-refractivity contribution in [2.24, 2.45) is 0 Å². The van der Waals surface area contributed by atoms with E-state index in [0.29, 0.717) is 5.54 Å². The van der Waals surface area contributed by atoms with Crippen LogP contribution < -0.4 is 5.32 Å². The molecule has 0 aliphatic carbocycles. The van der Waals surface area contributed by atoms with E-state index in [4.69, 9.17) is 4.74 Å². The van der Waals surface area contributed by atoms with Gasteiger partial charge in [0.2, 0.25) is 0 Å². The third-order valence-electron chi connectivity index (χ3n) is 2.66. The number of rotatable bonds is 1. The SMILES string of the molecule is CCN1CCNC2(COC2)C1. The first-order valence-corrected chi connectivity index (χ1v) is 4.40. The summed E-state index contributed by atoms with van der Waals surface area (Å²) in [5, 5.41) is 3.53. The van der Waals surface area contributed by atoms with Crippen LogP contribution in [0, 0.1) is 0 Å². The predicted molar refractivity (Wildman–Crippen MR) is 43.7 cm³/mol. The third kappa shape index (κ3) is 1.28. The minimum atomic E-state index is 0.328. The lowest BCUT2D eigenvalue weighted by Crippen LogP contribution is -2.70. The molecule has 0 unspecified atom stereocenters. The van der Waals surface area contributed by atoms with E-state index in [0.717, 1.165) is 19.8 Å². The zero-order valence-electron chi connectivity index (χ0n) is 7.10. The van der Waals surface area contributed by atoms with Crippen molar-refractivity contribution in [2.75, 3.05) is 39.4 Å². The van der Waals surface area contributed by atoms with E-state index in [1.165, 1.54) is 19.6 Å². The summed E-state index contributed by atoms with van der Waals surface area (Å²) in [5.74, 6) is 0. The summed E-state index contributed by atoms with van der Waals surface area (Å²) in [4.78, 5) is 2.49. The van der Waals surface area contributed by atoms with Crippen molar-refractivity contribution in [3.63, 3.8) is 0 Å². The molecule has 1 spiro atoms. The molecular weight excluding hydrogens is 140 g/mol. The number of likely N-dealkylation sites (N-methyl/N-ethyl adjacent to an activating group) is 1. The summed E-state index contributed by atoms with van der Waals surface area (Å²) >= 11 is 0. The molecule has 0 radical (unpaired) electrons. The molecule has 2 fully saturated rings. The van der Waals surface area contributed by atoms with Gasteiger partial charge in [0.05, 0.1) is 18.8 Å². The second-order valence-corrected chi connectivity index (χ2v) is 3.57. The van der Waals surface area contributed by atoms with Crippen molar-refractivity contribution in [2.45, 2.75) is 12.5 Å². The molecule has 2 saturated heterocycles. The van der Waals surface area contributed by atoms with Crippen molar-refractivity contribution < 1.29 is 4.74 Å². The monoisotopic (exact) mass is 156 g/mol. The van der Waals surface area contributed by atoms with E-state index in [1.807, 2.05) is 0 Å². The second-order valence-electron chi connectivity index (χ2n) is 3.57. The minimum Gasteiger partial charge on any atom is -0.377 e. The van der Waals surface area contributed by atoms with E-state index in [9.17, 15) is 0 Å². The molecule has 0 atom stereocenters. The van der Waals surface area contributed by atoms with E-state index < -0.39 is 0 Å². The van der Waals surface area contributed by atoms with Gasteiger partial charge < -0.3 is 15.0 Å². The molecule has 3 nitrogen and oxygen atoms in total. The quantitative estimate of drug-likeness (QED) is 0.563. The van der Waals surface area contributed by atoms with Crippen molar-refractivity contribution in [1.29, 1.82) is 0 Å². The number of hydrogen-bond donors (Lipinski definition) is 1. The Labute approximate surface area is 67.7 Å². The van der Waals surface area contributed by atoms with Crippen molar-refractivity contribution in [3.8, 4) is 0 Å². The molecule has 0 aromatic carbocycles. The van der Waals surface area contributed by atoms with Gasteiger partial charge in [-0.2, -0.15) is 0 Å². The van der Waals surface area contributed by atoms with Gasteiger partial charge >= 0.3 is 0 Å². The number of nitrogens with one attached hydrogen (secondary N) is 1. The van der Waals surface area contributed by atoms with Crippen molar-refractivity contribution in [3.05, 3.63) is 0 Å². The first-order valence-electron chi connectivity index (χ1n) is 4.40. The van der Waals surface area contributed by atoms with Gasteiger partial charge in [-0.15, -0.1) is 0 Å². The fraction of sp³-hybridized carbons (Fsp3) is 1.00. The zero-order valence-corrected chi connectivity index (χ0v) is 7.10. The fourth-order valence-corrected chi connectivity index (χ4v) is 1.85. The lowest BCUT2D eigenvalue weighted by molar-refractivity contribution is -0.0995. The molecular formula is C8H16N2O. The Kier molecular flexibility index (Phi) is 1.87. The Hall–Kier alpha value is -0.120. The highest BCUT2D eigenvalue weighted by atomic mass is 16.5. The van der Waals surface area contributed by atoms with Crippen LogP contribution in [0.1, 0.15) is 6.92 Å². The highest BCUT2D eigenvalue weighted by Gasteiger charge is 2.41. The average molecular weight is 156 g/mol. The van der Waals surface area contributed by atoms with Gasteiger partial charge in [-0.25, -0.2) is 0 Å². The van der Waals surface area contributed by atoms with E-state index in [2.05, 4.69) is 17.1 Å². The maximum Gasteiger partial charge on any atom is 0.0782 e. The van der Waals surface area contributed by atoms with Crippen LogP contribution in [0.15, 0.2) is 0 Å². The predicted octanol–water partition coefficient (Wildman–Crippen LogP) is -0.319. The molecule has 3 heteroatoms. The first kappa shape index (κ1) is 7.53. The van der Waals surface area contributed by atoms with Crippen molar-refractivity contribution >= 4 is 0 Å². The number of nitrogens with zero attached hydrogens (tertiary/aromatic N) is 1. The van der Waals surface area contributed by atoms with E-state index >= 15 is 0 Å². The Morgan fingerprint density at radius 1 is 1.55 bits per heavy atom. The molecule has 2 aliphatic rings. The molecule has 0 saturated carbocycles. The van der Waals surface area contributed by atoms with E-state index in [-0.39, 0.29) is 0 Å². The van der Waals surface area contributed by atoms with Gasteiger partial charge in [0.15, 0.2) is 0 Å². The third-order valence-corrected chi connectivity index (χ3v) is 2.66. The molecule has 0 aromatic rings. The Bertz CT molecular complexity index is 145. The summed E-state index contributed by atoms with van der Waals surface area (Å²) < 4.78 is 5.22. The molecule has 0 aromatic heterocycles. The lowest BCUT2D eigenvalue weighted by Gasteiger charge is -2.48. The lowest BCUT2D eigenvalue weighted by atomic mass is 9.94. The zero-order chi connectivity index (χ0) is 7.73. The maximum absolute atomic E-state index is 5.22. The summed E-state index contributed by atoms with van der Waals surface area (Å²) in [6.07, 6.45) is 0. The van der Waals surface area contributed by atoms with Crippen LogP contribution in [0.5, 0.6) is 0 Å². The standard InChI is InChI=1S/C8H16N2O/c1-2-10-4-3-9-8(5-10)6-11-7-8/h9H,2-7H2,1H3. The van der Waals surface area contributed by atoms with Crippen LogP contribution in [0.4, 0.5) is 0 Å². The molecule has 2 rings (SSSR count). The average Bonchev–Trinajstić information content (AvgIpc) is 2.02.